The molecule has 0 radical (unpaired) electrons. The smallest absolute Gasteiger partial charge is 0.407 e. The van der Waals surface area contributed by atoms with Gasteiger partial charge in [-0.3, -0.25) is 0 Å². The molecular weight excluding hydrogens is 242 g/mol. The molecule has 0 atom stereocenters. The van der Waals surface area contributed by atoms with Crippen LogP contribution in [0.25, 0.3) is 0 Å². The van der Waals surface area contributed by atoms with E-state index >= 15 is 0 Å². The van der Waals surface area contributed by atoms with Crippen molar-refractivity contribution in [3.63, 3.8) is 0 Å². The summed E-state index contributed by atoms with van der Waals surface area (Å²) >= 11 is 0. The van der Waals surface area contributed by atoms with Crippen molar-refractivity contribution in [3.05, 3.63) is 23.9 Å². The summed E-state index contributed by atoms with van der Waals surface area (Å²) in [5.74, 6) is 0.830. The summed E-state index contributed by atoms with van der Waals surface area (Å²) in [6, 6.07) is 4.17. The summed E-state index contributed by atoms with van der Waals surface area (Å²) < 4.78 is 5.15. The van der Waals surface area contributed by atoms with E-state index in [4.69, 9.17) is 4.74 Å². The largest absolute Gasteiger partial charge is 0.444 e. The molecule has 0 aromatic carbocycles. The van der Waals surface area contributed by atoms with Gasteiger partial charge in [-0.15, -0.1) is 0 Å². The van der Waals surface area contributed by atoms with E-state index in [9.17, 15) is 4.79 Å². The Bertz CT molecular complexity index is 408. The van der Waals surface area contributed by atoms with Crippen LogP contribution in [0.4, 0.5) is 10.6 Å². The lowest BCUT2D eigenvalue weighted by Gasteiger charge is -2.19. The summed E-state index contributed by atoms with van der Waals surface area (Å²) in [4.78, 5) is 15.7. The van der Waals surface area contributed by atoms with Crippen LogP contribution in [0.3, 0.4) is 0 Å². The number of hydrogen-bond acceptors (Lipinski definition) is 4. The van der Waals surface area contributed by atoms with Gasteiger partial charge in [-0.05, 0) is 46.2 Å². The zero-order chi connectivity index (χ0) is 14.5. The number of carbonyl (C=O) groups is 1. The molecule has 0 fully saturated rings. The maximum Gasteiger partial charge on any atom is 0.407 e. The highest BCUT2D eigenvalue weighted by Crippen LogP contribution is 2.08. The number of carbonyl (C=O) groups excluding carboxylic acids is 1. The van der Waals surface area contributed by atoms with E-state index < -0.39 is 11.7 Å². The van der Waals surface area contributed by atoms with Crippen LogP contribution in [0.15, 0.2) is 18.3 Å². The van der Waals surface area contributed by atoms with Crippen LogP contribution in [0.2, 0.25) is 0 Å². The first kappa shape index (κ1) is 15.3. The van der Waals surface area contributed by atoms with E-state index in [-0.39, 0.29) is 0 Å². The number of anilines is 1. The topological polar surface area (TPSA) is 63.2 Å². The number of rotatable bonds is 4. The zero-order valence-corrected chi connectivity index (χ0v) is 12.3. The fraction of sp³-hybridized carbons (Fsp3) is 0.571. The van der Waals surface area contributed by atoms with Crippen molar-refractivity contribution in [1.29, 1.82) is 0 Å². The van der Waals surface area contributed by atoms with Gasteiger partial charge >= 0.3 is 6.09 Å². The molecular formula is C14H23N3O2. The number of nitrogens with one attached hydrogen (secondary N) is 2. The highest BCUT2D eigenvalue weighted by Gasteiger charge is 2.15. The molecule has 0 aliphatic rings. The van der Waals surface area contributed by atoms with Gasteiger partial charge in [0.05, 0.1) is 0 Å². The second kappa shape index (κ2) is 6.41. The SMILES string of the molecule is CC(C)Nc1ccc(CNC(=O)OC(C)(C)C)cn1. The van der Waals surface area contributed by atoms with Gasteiger partial charge in [0.1, 0.15) is 11.4 Å². The predicted octanol–water partition coefficient (Wildman–Crippen LogP) is 2.93. The van der Waals surface area contributed by atoms with Crippen LogP contribution in [0.5, 0.6) is 0 Å². The molecule has 1 aromatic heterocycles. The summed E-state index contributed by atoms with van der Waals surface area (Å²) in [5, 5.41) is 5.90. The van der Waals surface area contributed by atoms with Crippen LogP contribution in [-0.2, 0) is 11.3 Å². The van der Waals surface area contributed by atoms with Gasteiger partial charge in [-0.2, -0.15) is 0 Å². The second-order valence-electron chi connectivity index (χ2n) is 5.71. The van der Waals surface area contributed by atoms with Crippen molar-refractivity contribution in [3.8, 4) is 0 Å². The Morgan fingerprint density at radius 3 is 2.53 bits per heavy atom. The monoisotopic (exact) mass is 265 g/mol. The first-order valence-corrected chi connectivity index (χ1v) is 6.44. The van der Waals surface area contributed by atoms with Gasteiger partial charge in [-0.25, -0.2) is 9.78 Å². The lowest BCUT2D eigenvalue weighted by Crippen LogP contribution is -2.32. The third kappa shape index (κ3) is 6.64. The molecule has 5 nitrogen and oxygen atoms in total. The Balaban J connectivity index is 2.44. The van der Waals surface area contributed by atoms with E-state index in [2.05, 4.69) is 29.5 Å². The number of pyridine rings is 1. The van der Waals surface area contributed by atoms with Crippen molar-refractivity contribution in [2.45, 2.75) is 52.8 Å². The number of alkyl carbamates (subject to hydrolysis) is 1. The molecule has 5 heteroatoms. The standard InChI is InChI=1S/C14H23N3O2/c1-10(2)17-12-7-6-11(8-15-12)9-16-13(18)19-14(3,4)5/h6-8,10H,9H2,1-5H3,(H,15,17)(H,16,18). The van der Waals surface area contributed by atoms with E-state index in [1.165, 1.54) is 0 Å². The van der Waals surface area contributed by atoms with Crippen LogP contribution < -0.4 is 10.6 Å². The Labute approximate surface area is 114 Å². The maximum absolute atomic E-state index is 11.5. The molecule has 106 valence electrons. The van der Waals surface area contributed by atoms with Gasteiger partial charge < -0.3 is 15.4 Å². The maximum atomic E-state index is 11.5. The number of nitrogens with zero attached hydrogens (tertiary/aromatic N) is 1. The van der Waals surface area contributed by atoms with Crippen LogP contribution in [-0.4, -0.2) is 22.7 Å². The lowest BCUT2D eigenvalue weighted by molar-refractivity contribution is 0.0523. The first-order chi connectivity index (χ1) is 8.76. The van der Waals surface area contributed by atoms with Gasteiger partial charge in [0.2, 0.25) is 0 Å². The molecule has 1 amide bonds. The molecule has 0 bridgehead atoms. The molecule has 2 N–H and O–H groups in total. The minimum absolute atomic E-state index is 0.346. The van der Waals surface area contributed by atoms with E-state index in [0.29, 0.717) is 12.6 Å². The van der Waals surface area contributed by atoms with Crippen molar-refractivity contribution < 1.29 is 9.53 Å². The van der Waals surface area contributed by atoms with E-state index in [0.717, 1.165) is 11.4 Å². The molecule has 0 aliphatic carbocycles. The summed E-state index contributed by atoms with van der Waals surface area (Å²) in [7, 11) is 0. The number of aromatic nitrogens is 1. The Hall–Kier alpha value is -1.78. The van der Waals surface area contributed by atoms with Crippen LogP contribution in [0, 0.1) is 0 Å². The Morgan fingerprint density at radius 2 is 2.05 bits per heavy atom. The Kier molecular flexibility index (Phi) is 5.15. The van der Waals surface area contributed by atoms with Crippen LogP contribution in [0.1, 0.15) is 40.2 Å². The van der Waals surface area contributed by atoms with Crippen molar-refractivity contribution in [1.82, 2.24) is 10.3 Å². The van der Waals surface area contributed by atoms with Gasteiger partial charge in [0, 0.05) is 18.8 Å². The Morgan fingerprint density at radius 1 is 1.37 bits per heavy atom. The number of amides is 1. The quantitative estimate of drug-likeness (QED) is 0.878. The van der Waals surface area contributed by atoms with Gasteiger partial charge in [0.25, 0.3) is 0 Å². The molecule has 1 rings (SSSR count). The second-order valence-corrected chi connectivity index (χ2v) is 5.71. The van der Waals surface area contributed by atoms with Crippen LogP contribution >= 0.6 is 0 Å². The number of hydrogen-bond donors (Lipinski definition) is 2. The van der Waals surface area contributed by atoms with Crippen molar-refractivity contribution in [2.75, 3.05) is 5.32 Å². The predicted molar refractivity (Wildman–Crippen MR) is 76.1 cm³/mol. The molecule has 19 heavy (non-hydrogen) atoms. The fourth-order valence-corrected chi connectivity index (χ4v) is 1.40. The zero-order valence-electron chi connectivity index (χ0n) is 12.3. The molecule has 0 aliphatic heterocycles. The summed E-state index contributed by atoms with van der Waals surface area (Å²) in [6.45, 7) is 10.0. The molecule has 1 aromatic rings. The van der Waals surface area contributed by atoms with Crippen molar-refractivity contribution in [2.24, 2.45) is 0 Å². The van der Waals surface area contributed by atoms with E-state index in [1.54, 1.807) is 6.20 Å². The van der Waals surface area contributed by atoms with Gasteiger partial charge in [-0.1, -0.05) is 6.07 Å². The minimum Gasteiger partial charge on any atom is -0.444 e. The summed E-state index contributed by atoms with van der Waals surface area (Å²) in [5.41, 5.74) is 0.452. The lowest BCUT2D eigenvalue weighted by atomic mass is 10.2. The average Bonchev–Trinajstić information content (AvgIpc) is 2.25. The molecule has 0 saturated heterocycles. The summed E-state index contributed by atoms with van der Waals surface area (Å²) in [6.07, 6.45) is 1.32. The molecule has 0 saturated carbocycles. The van der Waals surface area contributed by atoms with E-state index in [1.807, 2.05) is 32.9 Å². The molecule has 0 spiro atoms. The highest BCUT2D eigenvalue weighted by molar-refractivity contribution is 5.67. The normalized spacial score (nSPS) is 11.3. The molecule has 1 heterocycles. The minimum atomic E-state index is -0.479. The highest BCUT2D eigenvalue weighted by atomic mass is 16.6. The first-order valence-electron chi connectivity index (χ1n) is 6.44. The average molecular weight is 265 g/mol. The molecule has 0 unspecified atom stereocenters. The third-order valence-electron chi connectivity index (χ3n) is 2.10. The third-order valence-corrected chi connectivity index (χ3v) is 2.10. The number of ether oxygens (including phenoxy) is 1. The van der Waals surface area contributed by atoms with Gasteiger partial charge in [0.15, 0.2) is 0 Å². The fourth-order valence-electron chi connectivity index (χ4n) is 1.40. The van der Waals surface area contributed by atoms with Crippen molar-refractivity contribution >= 4 is 11.9 Å².